The molecule has 0 atom stereocenters. The Bertz CT molecular complexity index is 943. The molecule has 0 amide bonds. The topological polar surface area (TPSA) is 71.2 Å². The van der Waals surface area contributed by atoms with Crippen LogP contribution in [0, 0.1) is 0 Å². The SMILES string of the molecule is Oc1cc(O)c2ccccc2c1-n1nc2ccccc2n1. The molecule has 4 rings (SSSR count). The molecule has 1 aromatic heterocycles. The molecular formula is C16H11N3O2. The van der Waals surface area contributed by atoms with Gasteiger partial charge in [-0.3, -0.25) is 0 Å². The predicted octanol–water partition coefficient (Wildman–Crippen LogP) is 2.98. The predicted molar refractivity (Wildman–Crippen MR) is 79.7 cm³/mol. The number of aromatic nitrogens is 3. The fraction of sp³-hybridized carbons (Fsp3) is 0. The monoisotopic (exact) mass is 277 g/mol. The minimum absolute atomic E-state index is 0.0311. The highest BCUT2D eigenvalue weighted by Gasteiger charge is 2.15. The van der Waals surface area contributed by atoms with Crippen molar-refractivity contribution in [3.05, 3.63) is 54.6 Å². The number of aromatic hydroxyl groups is 2. The first-order chi connectivity index (χ1) is 10.2. The van der Waals surface area contributed by atoms with E-state index in [0.717, 1.165) is 11.0 Å². The lowest BCUT2D eigenvalue weighted by atomic mass is 10.1. The summed E-state index contributed by atoms with van der Waals surface area (Å²) < 4.78 is 0. The smallest absolute Gasteiger partial charge is 0.147 e. The Kier molecular flexibility index (Phi) is 2.35. The Labute approximate surface area is 119 Å². The van der Waals surface area contributed by atoms with Crippen molar-refractivity contribution in [2.45, 2.75) is 0 Å². The van der Waals surface area contributed by atoms with Crippen molar-refractivity contribution in [1.29, 1.82) is 0 Å². The molecule has 0 unspecified atom stereocenters. The maximum Gasteiger partial charge on any atom is 0.147 e. The molecule has 0 spiro atoms. The van der Waals surface area contributed by atoms with Crippen LogP contribution in [0.4, 0.5) is 0 Å². The summed E-state index contributed by atoms with van der Waals surface area (Å²) in [5.74, 6) is -0.0323. The molecule has 5 heteroatoms. The first kappa shape index (κ1) is 11.7. The molecule has 0 saturated carbocycles. The molecule has 3 aromatic carbocycles. The van der Waals surface area contributed by atoms with Crippen molar-refractivity contribution < 1.29 is 10.2 Å². The van der Waals surface area contributed by atoms with Gasteiger partial charge in [0.2, 0.25) is 0 Å². The minimum atomic E-state index is -0.0634. The van der Waals surface area contributed by atoms with E-state index >= 15 is 0 Å². The third-order valence-electron chi connectivity index (χ3n) is 3.46. The number of hydrogen-bond donors (Lipinski definition) is 2. The van der Waals surface area contributed by atoms with Crippen LogP contribution in [0.3, 0.4) is 0 Å². The molecule has 21 heavy (non-hydrogen) atoms. The second-order valence-electron chi connectivity index (χ2n) is 4.79. The maximum absolute atomic E-state index is 10.2. The molecule has 0 radical (unpaired) electrons. The fourth-order valence-corrected chi connectivity index (χ4v) is 2.50. The molecule has 0 bridgehead atoms. The highest BCUT2D eigenvalue weighted by Crippen LogP contribution is 2.36. The van der Waals surface area contributed by atoms with E-state index in [4.69, 9.17) is 0 Å². The zero-order valence-corrected chi connectivity index (χ0v) is 10.9. The van der Waals surface area contributed by atoms with Crippen LogP contribution in [0.2, 0.25) is 0 Å². The van der Waals surface area contributed by atoms with Crippen LogP contribution >= 0.6 is 0 Å². The first-order valence-corrected chi connectivity index (χ1v) is 6.50. The van der Waals surface area contributed by atoms with E-state index in [1.807, 2.05) is 42.5 Å². The summed E-state index contributed by atoms with van der Waals surface area (Å²) in [5.41, 5.74) is 1.95. The van der Waals surface area contributed by atoms with Gasteiger partial charge < -0.3 is 10.2 Å². The largest absolute Gasteiger partial charge is 0.507 e. The number of nitrogens with zero attached hydrogens (tertiary/aromatic N) is 3. The van der Waals surface area contributed by atoms with Gasteiger partial charge in [0.1, 0.15) is 28.2 Å². The molecule has 0 aliphatic heterocycles. The van der Waals surface area contributed by atoms with Crippen LogP contribution in [-0.4, -0.2) is 25.2 Å². The summed E-state index contributed by atoms with van der Waals surface area (Å²) >= 11 is 0. The minimum Gasteiger partial charge on any atom is -0.507 e. The molecule has 1 heterocycles. The summed E-state index contributed by atoms with van der Waals surface area (Å²) in [6.07, 6.45) is 0. The van der Waals surface area contributed by atoms with Crippen molar-refractivity contribution in [1.82, 2.24) is 15.0 Å². The van der Waals surface area contributed by atoms with Gasteiger partial charge in [0.15, 0.2) is 0 Å². The van der Waals surface area contributed by atoms with Gasteiger partial charge in [-0.2, -0.15) is 0 Å². The number of fused-ring (bicyclic) bond motifs is 2. The van der Waals surface area contributed by atoms with E-state index in [2.05, 4.69) is 10.2 Å². The summed E-state index contributed by atoms with van der Waals surface area (Å²) in [6.45, 7) is 0. The molecule has 2 N–H and O–H groups in total. The highest BCUT2D eigenvalue weighted by atomic mass is 16.3. The third-order valence-corrected chi connectivity index (χ3v) is 3.46. The van der Waals surface area contributed by atoms with Crippen LogP contribution in [0.5, 0.6) is 11.5 Å². The van der Waals surface area contributed by atoms with E-state index in [1.165, 1.54) is 10.9 Å². The van der Waals surface area contributed by atoms with Gasteiger partial charge >= 0.3 is 0 Å². The molecule has 0 aliphatic rings. The molecule has 0 saturated heterocycles. The quantitative estimate of drug-likeness (QED) is 0.561. The van der Waals surface area contributed by atoms with Gasteiger partial charge in [0.25, 0.3) is 0 Å². The van der Waals surface area contributed by atoms with Gasteiger partial charge in [0, 0.05) is 16.8 Å². The lowest BCUT2D eigenvalue weighted by molar-refractivity contribution is 0.450. The fourth-order valence-electron chi connectivity index (χ4n) is 2.50. The molecule has 5 nitrogen and oxygen atoms in total. The first-order valence-electron chi connectivity index (χ1n) is 6.50. The standard InChI is InChI=1S/C16H11N3O2/c20-14-9-15(21)16(11-6-2-1-5-10(11)14)19-17-12-7-3-4-8-13(12)18-19/h1-9,20-21H. The maximum atomic E-state index is 10.2. The van der Waals surface area contributed by atoms with E-state index in [1.54, 1.807) is 6.07 Å². The summed E-state index contributed by atoms with van der Waals surface area (Å²) in [7, 11) is 0. The van der Waals surface area contributed by atoms with Gasteiger partial charge in [-0.05, 0) is 12.1 Å². The highest BCUT2D eigenvalue weighted by molar-refractivity contribution is 5.97. The van der Waals surface area contributed by atoms with Crippen LogP contribution in [-0.2, 0) is 0 Å². The lowest BCUT2D eigenvalue weighted by Gasteiger charge is -2.09. The Hall–Kier alpha value is -3.08. The molecule has 0 aliphatic carbocycles. The van der Waals surface area contributed by atoms with Crippen molar-refractivity contribution >= 4 is 21.8 Å². The number of phenols is 2. The van der Waals surface area contributed by atoms with E-state index in [9.17, 15) is 10.2 Å². The molecule has 102 valence electrons. The lowest BCUT2D eigenvalue weighted by Crippen LogP contribution is -2.00. The van der Waals surface area contributed by atoms with Gasteiger partial charge in [0.05, 0.1) is 0 Å². The van der Waals surface area contributed by atoms with Crippen LogP contribution < -0.4 is 0 Å². The van der Waals surface area contributed by atoms with Crippen LogP contribution in [0.15, 0.2) is 54.6 Å². The molecule has 0 fully saturated rings. The zero-order valence-electron chi connectivity index (χ0n) is 10.9. The number of benzene rings is 3. The third kappa shape index (κ3) is 1.71. The van der Waals surface area contributed by atoms with Crippen LogP contribution in [0.1, 0.15) is 0 Å². The van der Waals surface area contributed by atoms with Crippen LogP contribution in [0.25, 0.3) is 27.5 Å². The van der Waals surface area contributed by atoms with E-state index < -0.39 is 0 Å². The Morgan fingerprint density at radius 2 is 1.29 bits per heavy atom. The summed E-state index contributed by atoms with van der Waals surface area (Å²) in [5, 5.41) is 30.3. The van der Waals surface area contributed by atoms with Gasteiger partial charge in [-0.25, -0.2) is 0 Å². The normalized spacial score (nSPS) is 11.2. The Morgan fingerprint density at radius 3 is 1.95 bits per heavy atom. The van der Waals surface area contributed by atoms with Crippen molar-refractivity contribution in [2.75, 3.05) is 0 Å². The van der Waals surface area contributed by atoms with E-state index in [-0.39, 0.29) is 11.5 Å². The van der Waals surface area contributed by atoms with Gasteiger partial charge in [-0.1, -0.05) is 36.4 Å². The van der Waals surface area contributed by atoms with Crippen molar-refractivity contribution in [3.63, 3.8) is 0 Å². The Balaban J connectivity index is 2.10. The average Bonchev–Trinajstić information content (AvgIpc) is 2.90. The Morgan fingerprint density at radius 1 is 0.714 bits per heavy atom. The van der Waals surface area contributed by atoms with E-state index in [0.29, 0.717) is 16.5 Å². The zero-order chi connectivity index (χ0) is 14.4. The van der Waals surface area contributed by atoms with Gasteiger partial charge in [-0.15, -0.1) is 15.0 Å². The summed E-state index contributed by atoms with van der Waals surface area (Å²) in [4.78, 5) is 1.40. The molecule has 4 aromatic rings. The average molecular weight is 277 g/mol. The number of hydrogen-bond acceptors (Lipinski definition) is 4. The number of phenolic OH excluding ortho intramolecular Hbond substituents is 2. The van der Waals surface area contributed by atoms with Crippen molar-refractivity contribution in [2.24, 2.45) is 0 Å². The molecular weight excluding hydrogens is 266 g/mol. The second kappa shape index (κ2) is 4.21. The van der Waals surface area contributed by atoms with Crippen molar-refractivity contribution in [3.8, 4) is 17.2 Å². The second-order valence-corrected chi connectivity index (χ2v) is 4.79. The summed E-state index contributed by atoms with van der Waals surface area (Å²) in [6, 6.07) is 16.1. The number of rotatable bonds is 1.